The van der Waals surface area contributed by atoms with Crippen molar-refractivity contribution in [1.82, 2.24) is 0 Å². The zero-order valence-electron chi connectivity index (χ0n) is 11.7. The first-order valence-corrected chi connectivity index (χ1v) is 6.47. The summed E-state index contributed by atoms with van der Waals surface area (Å²) < 4.78 is 10.5. The van der Waals surface area contributed by atoms with Crippen LogP contribution in [0.3, 0.4) is 0 Å². The predicted octanol–water partition coefficient (Wildman–Crippen LogP) is 2.97. The monoisotopic (exact) mass is 281 g/mol. The molecule has 0 aliphatic carbocycles. The minimum Gasteiger partial charge on any atom is -0.485 e. The van der Waals surface area contributed by atoms with Crippen molar-refractivity contribution in [2.75, 3.05) is 13.7 Å². The van der Waals surface area contributed by atoms with E-state index in [0.717, 1.165) is 5.56 Å². The van der Waals surface area contributed by atoms with Crippen molar-refractivity contribution in [2.45, 2.75) is 6.61 Å². The molecule has 0 saturated heterocycles. The Morgan fingerprint density at radius 3 is 2.62 bits per heavy atom. The van der Waals surface area contributed by atoms with E-state index >= 15 is 0 Å². The van der Waals surface area contributed by atoms with E-state index in [2.05, 4.69) is 0 Å². The molecule has 106 valence electrons. The summed E-state index contributed by atoms with van der Waals surface area (Å²) in [5.41, 5.74) is 2.04. The lowest BCUT2D eigenvalue weighted by Gasteiger charge is -2.07. The molecular formula is C17H15NO3. The molecule has 0 bridgehead atoms. The van der Waals surface area contributed by atoms with Gasteiger partial charge in [0.1, 0.15) is 5.75 Å². The van der Waals surface area contributed by atoms with Crippen LogP contribution in [0.4, 0.5) is 0 Å². The molecule has 2 aromatic carbocycles. The fourth-order valence-electron chi connectivity index (χ4n) is 1.85. The normalized spacial score (nSPS) is 9.90. The van der Waals surface area contributed by atoms with Gasteiger partial charge in [-0.05, 0) is 42.0 Å². The molecule has 2 rings (SSSR count). The van der Waals surface area contributed by atoms with E-state index in [0.29, 0.717) is 23.5 Å². The molecule has 0 aliphatic heterocycles. The van der Waals surface area contributed by atoms with E-state index in [1.165, 1.54) is 0 Å². The molecule has 0 spiro atoms. The van der Waals surface area contributed by atoms with Crippen molar-refractivity contribution in [2.24, 2.45) is 0 Å². The Hall–Kier alpha value is -2.64. The Bertz CT molecular complexity index is 656. The number of hydrogen-bond acceptors (Lipinski definition) is 4. The number of carbonyl (C=O) groups excluding carboxylic acids is 1. The van der Waals surface area contributed by atoms with Crippen LogP contribution in [-0.2, 0) is 11.3 Å². The van der Waals surface area contributed by atoms with E-state index in [-0.39, 0.29) is 12.4 Å². The molecule has 0 saturated carbocycles. The average molecular weight is 281 g/mol. The third kappa shape index (κ3) is 4.16. The Balaban J connectivity index is 1.97. The molecule has 0 radical (unpaired) electrons. The number of methoxy groups -OCH3 is 1. The minimum atomic E-state index is -0.128. The summed E-state index contributed by atoms with van der Waals surface area (Å²) >= 11 is 0. The van der Waals surface area contributed by atoms with Crippen LogP contribution >= 0.6 is 0 Å². The molecule has 4 heteroatoms. The summed E-state index contributed by atoms with van der Waals surface area (Å²) in [4.78, 5) is 12.0. The highest BCUT2D eigenvalue weighted by molar-refractivity contribution is 5.97. The first-order chi connectivity index (χ1) is 10.2. The lowest BCUT2D eigenvalue weighted by molar-refractivity contribution is 0.0921. The Kier molecular flexibility index (Phi) is 5.08. The number of nitrogens with zero attached hydrogens (tertiary/aromatic N) is 1. The highest BCUT2D eigenvalue weighted by atomic mass is 16.5. The number of rotatable bonds is 6. The number of Topliss-reactive ketones (excluding diaryl/α,β-unsaturated/α-hetero) is 1. The Morgan fingerprint density at radius 1 is 1.19 bits per heavy atom. The van der Waals surface area contributed by atoms with Crippen LogP contribution in [0.1, 0.15) is 21.5 Å². The number of carbonyl (C=O) groups is 1. The highest BCUT2D eigenvalue weighted by Crippen LogP contribution is 2.14. The highest BCUT2D eigenvalue weighted by Gasteiger charge is 2.07. The fourth-order valence-corrected chi connectivity index (χ4v) is 1.85. The molecule has 0 N–H and O–H groups in total. The van der Waals surface area contributed by atoms with Crippen molar-refractivity contribution < 1.29 is 14.3 Å². The summed E-state index contributed by atoms with van der Waals surface area (Å²) in [6.45, 7) is 0.461. The molecule has 0 aliphatic rings. The van der Waals surface area contributed by atoms with Crippen molar-refractivity contribution in [1.29, 1.82) is 5.26 Å². The molecule has 0 amide bonds. The van der Waals surface area contributed by atoms with Crippen LogP contribution in [0.2, 0.25) is 0 Å². The van der Waals surface area contributed by atoms with Gasteiger partial charge < -0.3 is 9.47 Å². The fraction of sp³-hybridized carbons (Fsp3) is 0.176. The van der Waals surface area contributed by atoms with Gasteiger partial charge >= 0.3 is 0 Å². The summed E-state index contributed by atoms with van der Waals surface area (Å²) in [6, 6.07) is 15.9. The molecule has 4 nitrogen and oxygen atoms in total. The van der Waals surface area contributed by atoms with Crippen molar-refractivity contribution in [3.05, 3.63) is 65.2 Å². The predicted molar refractivity (Wildman–Crippen MR) is 78.1 cm³/mol. The standard InChI is InChI=1S/C17H15NO3/c1-20-11-14-3-2-4-16(9-14)21-12-17(19)15-7-5-13(10-18)6-8-15/h2-9H,11-12H2,1H3. The topological polar surface area (TPSA) is 59.3 Å². The minimum absolute atomic E-state index is 0.0393. The maximum atomic E-state index is 12.0. The van der Waals surface area contributed by atoms with Gasteiger partial charge in [0, 0.05) is 12.7 Å². The second-order valence-corrected chi connectivity index (χ2v) is 4.48. The zero-order chi connectivity index (χ0) is 15.1. The second-order valence-electron chi connectivity index (χ2n) is 4.48. The van der Waals surface area contributed by atoms with E-state index in [4.69, 9.17) is 14.7 Å². The third-order valence-corrected chi connectivity index (χ3v) is 2.92. The Morgan fingerprint density at radius 2 is 1.95 bits per heavy atom. The number of nitriles is 1. The molecule has 21 heavy (non-hydrogen) atoms. The first-order valence-electron chi connectivity index (χ1n) is 6.47. The van der Waals surface area contributed by atoms with Gasteiger partial charge in [-0.25, -0.2) is 0 Å². The second kappa shape index (κ2) is 7.22. The smallest absolute Gasteiger partial charge is 0.200 e. The number of ether oxygens (including phenoxy) is 2. The molecule has 0 atom stereocenters. The van der Waals surface area contributed by atoms with Crippen molar-refractivity contribution in [3.8, 4) is 11.8 Å². The van der Waals surface area contributed by atoms with Crippen LogP contribution in [0.25, 0.3) is 0 Å². The van der Waals surface area contributed by atoms with E-state index in [1.54, 1.807) is 37.4 Å². The molecule has 0 fully saturated rings. The van der Waals surface area contributed by atoms with E-state index in [1.807, 2.05) is 24.3 Å². The summed E-state index contributed by atoms with van der Waals surface area (Å²) in [7, 11) is 1.63. The number of hydrogen-bond donors (Lipinski definition) is 0. The summed E-state index contributed by atoms with van der Waals surface area (Å²) in [5, 5.41) is 8.72. The zero-order valence-corrected chi connectivity index (χ0v) is 11.7. The van der Waals surface area contributed by atoms with Gasteiger partial charge in [-0.2, -0.15) is 5.26 Å². The molecule has 0 aromatic heterocycles. The van der Waals surface area contributed by atoms with E-state index in [9.17, 15) is 4.79 Å². The van der Waals surface area contributed by atoms with Crippen LogP contribution in [0, 0.1) is 11.3 Å². The van der Waals surface area contributed by atoms with Crippen LogP contribution in [0.15, 0.2) is 48.5 Å². The van der Waals surface area contributed by atoms with Gasteiger partial charge in [-0.15, -0.1) is 0 Å². The molecule has 2 aromatic rings. The van der Waals surface area contributed by atoms with Crippen LogP contribution in [-0.4, -0.2) is 19.5 Å². The van der Waals surface area contributed by atoms with Gasteiger partial charge in [-0.3, -0.25) is 4.79 Å². The maximum Gasteiger partial charge on any atom is 0.200 e. The van der Waals surface area contributed by atoms with Crippen molar-refractivity contribution >= 4 is 5.78 Å². The van der Waals surface area contributed by atoms with Crippen molar-refractivity contribution in [3.63, 3.8) is 0 Å². The Labute approximate surface area is 123 Å². The largest absolute Gasteiger partial charge is 0.485 e. The number of benzene rings is 2. The van der Waals surface area contributed by atoms with Gasteiger partial charge in [0.25, 0.3) is 0 Å². The van der Waals surface area contributed by atoms with Gasteiger partial charge in [0.05, 0.1) is 18.2 Å². The van der Waals surface area contributed by atoms with Crippen LogP contribution in [0.5, 0.6) is 5.75 Å². The first kappa shape index (κ1) is 14.8. The number of ketones is 1. The van der Waals surface area contributed by atoms with Gasteiger partial charge in [-0.1, -0.05) is 12.1 Å². The molecule has 0 heterocycles. The summed E-state index contributed by atoms with van der Waals surface area (Å²) in [6.07, 6.45) is 0. The van der Waals surface area contributed by atoms with E-state index < -0.39 is 0 Å². The quantitative estimate of drug-likeness (QED) is 0.764. The SMILES string of the molecule is COCc1cccc(OCC(=O)c2ccc(C#N)cc2)c1. The summed E-state index contributed by atoms with van der Waals surface area (Å²) in [5.74, 6) is 0.503. The average Bonchev–Trinajstić information content (AvgIpc) is 2.53. The van der Waals surface area contributed by atoms with Gasteiger partial charge in [0.2, 0.25) is 0 Å². The molecule has 0 unspecified atom stereocenters. The maximum absolute atomic E-state index is 12.0. The van der Waals surface area contributed by atoms with Gasteiger partial charge in [0.15, 0.2) is 12.4 Å². The lowest BCUT2D eigenvalue weighted by atomic mass is 10.1. The molecular weight excluding hydrogens is 266 g/mol. The third-order valence-electron chi connectivity index (χ3n) is 2.92. The lowest BCUT2D eigenvalue weighted by Crippen LogP contribution is -2.11. The van der Waals surface area contributed by atoms with Crippen LogP contribution < -0.4 is 4.74 Å².